The third-order valence-corrected chi connectivity index (χ3v) is 6.83. The summed E-state index contributed by atoms with van der Waals surface area (Å²) in [5, 5.41) is 11.3. The minimum absolute atomic E-state index is 0.0831. The normalized spacial score (nSPS) is 18.5. The van der Waals surface area contributed by atoms with E-state index >= 15 is 0 Å². The van der Waals surface area contributed by atoms with Crippen molar-refractivity contribution in [2.45, 2.75) is 18.9 Å². The van der Waals surface area contributed by atoms with Crippen LogP contribution in [0.3, 0.4) is 0 Å². The Kier molecular flexibility index (Phi) is 4.52. The van der Waals surface area contributed by atoms with Crippen LogP contribution in [-0.2, 0) is 27.7 Å². The molecule has 2 heterocycles. The molecule has 2 aromatic rings. The van der Waals surface area contributed by atoms with Gasteiger partial charge in [-0.3, -0.25) is 4.79 Å². The molecule has 1 aliphatic rings. The molecule has 122 valence electrons. The standard InChI is InChI=1S/C16H17NO4S2/c18-16(19)15-13-7-10-22-14(13)6-9-17(15)23(20,21)11-8-12-4-2-1-3-5-12/h1-5,7,10,15H,6,8-9,11H2,(H,18,19). The summed E-state index contributed by atoms with van der Waals surface area (Å²) < 4.78 is 26.5. The summed E-state index contributed by atoms with van der Waals surface area (Å²) in [5.74, 6) is -1.20. The van der Waals surface area contributed by atoms with E-state index in [1.54, 1.807) is 6.07 Å². The lowest BCUT2D eigenvalue weighted by molar-refractivity contribution is -0.142. The Balaban J connectivity index is 1.83. The third kappa shape index (κ3) is 3.31. The van der Waals surface area contributed by atoms with Crippen molar-refractivity contribution in [1.29, 1.82) is 0 Å². The number of carbonyl (C=O) groups is 1. The van der Waals surface area contributed by atoms with Crippen LogP contribution in [0.2, 0.25) is 0 Å². The summed E-state index contributed by atoms with van der Waals surface area (Å²) >= 11 is 1.48. The molecule has 0 radical (unpaired) electrons. The molecule has 23 heavy (non-hydrogen) atoms. The molecule has 1 aromatic carbocycles. The minimum atomic E-state index is -3.64. The maximum absolute atomic E-state index is 12.7. The zero-order valence-corrected chi connectivity index (χ0v) is 14.0. The van der Waals surface area contributed by atoms with Crippen molar-refractivity contribution in [3.63, 3.8) is 0 Å². The molecular formula is C16H17NO4S2. The first-order valence-electron chi connectivity index (χ1n) is 7.31. The van der Waals surface area contributed by atoms with Crippen LogP contribution >= 0.6 is 11.3 Å². The van der Waals surface area contributed by atoms with Crippen LogP contribution in [0.15, 0.2) is 41.8 Å². The summed E-state index contributed by atoms with van der Waals surface area (Å²) in [6.45, 7) is 0.224. The van der Waals surface area contributed by atoms with E-state index in [2.05, 4.69) is 0 Å². The van der Waals surface area contributed by atoms with E-state index in [4.69, 9.17) is 0 Å². The summed E-state index contributed by atoms with van der Waals surface area (Å²) in [6, 6.07) is 9.96. The fourth-order valence-electron chi connectivity index (χ4n) is 2.86. The second-order valence-electron chi connectivity index (χ2n) is 5.45. The van der Waals surface area contributed by atoms with Gasteiger partial charge in [-0.05, 0) is 35.4 Å². The first-order chi connectivity index (χ1) is 11.0. The number of carboxylic acid groups (broad SMARTS) is 1. The molecule has 1 atom stereocenters. The molecule has 1 aromatic heterocycles. The van der Waals surface area contributed by atoms with Crippen molar-refractivity contribution in [3.8, 4) is 0 Å². The van der Waals surface area contributed by atoms with E-state index in [0.717, 1.165) is 14.7 Å². The number of sulfonamides is 1. The zero-order chi connectivity index (χ0) is 16.4. The number of rotatable bonds is 5. The van der Waals surface area contributed by atoms with Crippen molar-refractivity contribution in [3.05, 3.63) is 57.8 Å². The third-order valence-electron chi connectivity index (χ3n) is 4.00. The number of fused-ring (bicyclic) bond motifs is 1. The first kappa shape index (κ1) is 16.2. The fourth-order valence-corrected chi connectivity index (χ4v) is 5.38. The van der Waals surface area contributed by atoms with E-state index < -0.39 is 22.0 Å². The van der Waals surface area contributed by atoms with Crippen LogP contribution in [0.25, 0.3) is 0 Å². The molecule has 0 spiro atoms. The molecule has 0 saturated carbocycles. The quantitative estimate of drug-likeness (QED) is 0.897. The van der Waals surface area contributed by atoms with Crippen LogP contribution in [0.4, 0.5) is 0 Å². The number of nitrogens with zero attached hydrogens (tertiary/aromatic N) is 1. The van der Waals surface area contributed by atoms with Gasteiger partial charge in [-0.2, -0.15) is 4.31 Å². The van der Waals surface area contributed by atoms with E-state index in [0.29, 0.717) is 18.4 Å². The smallest absolute Gasteiger partial charge is 0.326 e. The van der Waals surface area contributed by atoms with Crippen molar-refractivity contribution in [1.82, 2.24) is 4.31 Å². The van der Waals surface area contributed by atoms with Crippen molar-refractivity contribution in [2.24, 2.45) is 0 Å². The molecule has 0 bridgehead atoms. The van der Waals surface area contributed by atoms with Crippen LogP contribution in [0.1, 0.15) is 22.0 Å². The van der Waals surface area contributed by atoms with Gasteiger partial charge in [0.25, 0.3) is 0 Å². The molecule has 0 amide bonds. The van der Waals surface area contributed by atoms with Gasteiger partial charge in [-0.1, -0.05) is 30.3 Å². The lowest BCUT2D eigenvalue weighted by Crippen LogP contribution is -2.44. The number of thiophene rings is 1. The Labute approximate surface area is 139 Å². The summed E-state index contributed by atoms with van der Waals surface area (Å²) in [6.07, 6.45) is 0.948. The SMILES string of the molecule is O=C(O)C1c2ccsc2CCN1S(=O)(=O)CCc1ccccc1. The largest absolute Gasteiger partial charge is 0.480 e. The highest BCUT2D eigenvalue weighted by molar-refractivity contribution is 7.89. The van der Waals surface area contributed by atoms with Gasteiger partial charge in [0, 0.05) is 11.4 Å². The predicted molar refractivity (Wildman–Crippen MR) is 89.0 cm³/mol. The Hall–Kier alpha value is -1.70. The van der Waals surface area contributed by atoms with Crippen LogP contribution in [0.5, 0.6) is 0 Å². The van der Waals surface area contributed by atoms with Crippen molar-refractivity contribution in [2.75, 3.05) is 12.3 Å². The van der Waals surface area contributed by atoms with Crippen LogP contribution in [0, 0.1) is 0 Å². The van der Waals surface area contributed by atoms with E-state index in [-0.39, 0.29) is 12.3 Å². The Morgan fingerprint density at radius 2 is 2.00 bits per heavy atom. The predicted octanol–water partition coefficient (Wildman–Crippen LogP) is 2.30. The molecular weight excluding hydrogens is 334 g/mol. The molecule has 0 fully saturated rings. The van der Waals surface area contributed by atoms with Crippen molar-refractivity contribution < 1.29 is 18.3 Å². The fraction of sp³-hybridized carbons (Fsp3) is 0.312. The number of benzene rings is 1. The molecule has 0 saturated heterocycles. The zero-order valence-electron chi connectivity index (χ0n) is 12.4. The summed E-state index contributed by atoms with van der Waals surface area (Å²) in [4.78, 5) is 12.6. The number of aliphatic carboxylic acids is 1. The lowest BCUT2D eigenvalue weighted by Gasteiger charge is -2.32. The first-order valence-corrected chi connectivity index (χ1v) is 9.80. The number of carboxylic acids is 1. The Morgan fingerprint density at radius 3 is 2.70 bits per heavy atom. The van der Waals surface area contributed by atoms with Crippen LogP contribution in [-0.4, -0.2) is 36.1 Å². The molecule has 1 N–H and O–H groups in total. The monoisotopic (exact) mass is 351 g/mol. The number of aryl methyl sites for hydroxylation is 1. The number of hydrogen-bond acceptors (Lipinski definition) is 4. The highest BCUT2D eigenvalue weighted by Crippen LogP contribution is 2.35. The van der Waals surface area contributed by atoms with Gasteiger partial charge in [0.2, 0.25) is 10.0 Å². The second-order valence-corrected chi connectivity index (χ2v) is 8.49. The van der Waals surface area contributed by atoms with Crippen LogP contribution < -0.4 is 0 Å². The Morgan fingerprint density at radius 1 is 1.26 bits per heavy atom. The molecule has 5 nitrogen and oxygen atoms in total. The van der Waals surface area contributed by atoms with Gasteiger partial charge < -0.3 is 5.11 Å². The molecule has 3 rings (SSSR count). The van der Waals surface area contributed by atoms with E-state index in [1.807, 2.05) is 35.7 Å². The average molecular weight is 351 g/mol. The van der Waals surface area contributed by atoms with Gasteiger partial charge in [-0.25, -0.2) is 8.42 Å². The molecule has 7 heteroatoms. The maximum atomic E-state index is 12.7. The van der Waals surface area contributed by atoms with Gasteiger partial charge >= 0.3 is 5.97 Å². The van der Waals surface area contributed by atoms with E-state index in [1.165, 1.54) is 11.3 Å². The average Bonchev–Trinajstić information content (AvgIpc) is 3.01. The molecule has 1 aliphatic heterocycles. The van der Waals surface area contributed by atoms with E-state index in [9.17, 15) is 18.3 Å². The van der Waals surface area contributed by atoms with Gasteiger partial charge in [-0.15, -0.1) is 11.3 Å². The molecule has 1 unspecified atom stereocenters. The summed E-state index contributed by atoms with van der Waals surface area (Å²) in [7, 11) is -3.64. The molecule has 0 aliphatic carbocycles. The minimum Gasteiger partial charge on any atom is -0.480 e. The van der Waals surface area contributed by atoms with Gasteiger partial charge in [0.05, 0.1) is 5.75 Å². The van der Waals surface area contributed by atoms with Crippen molar-refractivity contribution >= 4 is 27.3 Å². The Bertz CT molecular complexity index is 798. The maximum Gasteiger partial charge on any atom is 0.326 e. The highest BCUT2D eigenvalue weighted by atomic mass is 32.2. The van der Waals surface area contributed by atoms with Gasteiger partial charge in [0.15, 0.2) is 0 Å². The highest BCUT2D eigenvalue weighted by Gasteiger charge is 2.40. The lowest BCUT2D eigenvalue weighted by atomic mass is 10.0. The number of hydrogen-bond donors (Lipinski definition) is 1. The second kappa shape index (κ2) is 6.43. The summed E-state index contributed by atoms with van der Waals surface area (Å²) in [5.41, 5.74) is 1.54. The topological polar surface area (TPSA) is 74.7 Å². The van der Waals surface area contributed by atoms with Gasteiger partial charge in [0.1, 0.15) is 6.04 Å².